The maximum Gasteiger partial charge on any atom is 0.431 e. The minimum Gasteiger partial charge on any atom is -0.465 e. The van der Waals surface area contributed by atoms with Gasteiger partial charge in [0.05, 0.1) is 26.0 Å². The number of hydrazine groups is 1. The van der Waals surface area contributed by atoms with Crippen molar-refractivity contribution >= 4 is 35.3 Å². The number of methoxy groups -OCH3 is 1. The number of rotatable bonds is 5. The van der Waals surface area contributed by atoms with E-state index in [9.17, 15) is 19.2 Å². The lowest BCUT2D eigenvalue weighted by molar-refractivity contribution is -0.151. The van der Waals surface area contributed by atoms with Crippen LogP contribution in [0.1, 0.15) is 24.2 Å². The summed E-state index contributed by atoms with van der Waals surface area (Å²) in [5.74, 6) is -1.89. The lowest BCUT2D eigenvalue weighted by atomic mass is 10.0. The van der Waals surface area contributed by atoms with Crippen molar-refractivity contribution in [2.24, 2.45) is 0 Å². The van der Waals surface area contributed by atoms with Gasteiger partial charge in [0, 0.05) is 11.3 Å². The van der Waals surface area contributed by atoms with Crippen molar-refractivity contribution in [2.45, 2.75) is 19.5 Å². The van der Waals surface area contributed by atoms with E-state index in [4.69, 9.17) is 14.2 Å². The fraction of sp³-hybridized carbons (Fsp3) is 0.273. The molecule has 3 rings (SSSR count). The molecule has 1 heterocycles. The fourth-order valence-corrected chi connectivity index (χ4v) is 3.55. The number of para-hydroxylation sites is 2. The van der Waals surface area contributed by atoms with Gasteiger partial charge < -0.3 is 14.2 Å². The molecule has 0 radical (unpaired) electrons. The van der Waals surface area contributed by atoms with E-state index in [-0.39, 0.29) is 18.8 Å². The summed E-state index contributed by atoms with van der Waals surface area (Å²) in [5, 5.41) is 0.523. The number of Topliss-reactive ketones (excluding diaryl/α,β-unsaturated/α-hetero) is 1. The van der Waals surface area contributed by atoms with Gasteiger partial charge in [-0.1, -0.05) is 30.3 Å². The number of hydrogen-bond donors (Lipinski definition) is 1. The van der Waals surface area contributed by atoms with Crippen molar-refractivity contribution in [3.05, 3.63) is 60.2 Å². The van der Waals surface area contributed by atoms with Gasteiger partial charge in [-0.15, -0.1) is 0 Å². The van der Waals surface area contributed by atoms with E-state index in [1.165, 1.54) is 11.0 Å². The summed E-state index contributed by atoms with van der Waals surface area (Å²) in [6, 6.07) is 14.9. The Morgan fingerprint density at radius 2 is 1.59 bits per heavy atom. The Kier molecular flexibility index (Phi) is 6.62. The maximum atomic E-state index is 13.8. The van der Waals surface area contributed by atoms with Gasteiger partial charge in [-0.2, -0.15) is 5.01 Å². The number of ketones is 1. The van der Waals surface area contributed by atoms with Gasteiger partial charge in [0.15, 0.2) is 0 Å². The summed E-state index contributed by atoms with van der Waals surface area (Å²) >= 11 is 0. The van der Waals surface area contributed by atoms with Crippen molar-refractivity contribution in [1.29, 1.82) is 0 Å². The van der Waals surface area contributed by atoms with Crippen LogP contribution in [-0.2, 0) is 19.0 Å². The summed E-state index contributed by atoms with van der Waals surface area (Å²) in [5.41, 5.74) is 0.636. The number of nitrogens with zero attached hydrogens (tertiary/aromatic N) is 2. The topological polar surface area (TPSA) is 114 Å². The molecule has 1 atom stereocenters. The third-order valence-electron chi connectivity index (χ3n) is 4.77. The van der Waals surface area contributed by atoms with E-state index in [0.29, 0.717) is 16.4 Å². The highest BCUT2D eigenvalue weighted by Crippen LogP contribution is 2.46. The molecule has 0 aromatic heterocycles. The average Bonchev–Trinajstić information content (AvgIpc) is 3.07. The molecule has 10 nitrogen and oxygen atoms in total. The third-order valence-corrected chi connectivity index (χ3v) is 4.77. The predicted octanol–water partition coefficient (Wildman–Crippen LogP) is 3.01. The zero-order valence-electron chi connectivity index (χ0n) is 17.9. The zero-order valence-corrected chi connectivity index (χ0v) is 17.9. The van der Waals surface area contributed by atoms with E-state index in [1.807, 2.05) is 0 Å². The number of anilines is 2. The molecule has 1 N–H and O–H groups in total. The second-order valence-corrected chi connectivity index (χ2v) is 6.55. The van der Waals surface area contributed by atoms with Crippen LogP contribution in [0.3, 0.4) is 0 Å². The Morgan fingerprint density at radius 3 is 2.22 bits per heavy atom. The molecule has 0 bridgehead atoms. The number of nitrogens with one attached hydrogen (secondary N) is 1. The van der Waals surface area contributed by atoms with Crippen LogP contribution in [0.5, 0.6) is 0 Å². The van der Waals surface area contributed by atoms with Crippen molar-refractivity contribution < 1.29 is 33.4 Å². The first-order valence-electron chi connectivity index (χ1n) is 9.91. The highest BCUT2D eigenvalue weighted by Gasteiger charge is 2.65. The van der Waals surface area contributed by atoms with Crippen molar-refractivity contribution in [1.82, 2.24) is 10.4 Å². The lowest BCUT2D eigenvalue weighted by Crippen LogP contribution is -2.72. The summed E-state index contributed by atoms with van der Waals surface area (Å²) < 4.78 is 15.0. The van der Waals surface area contributed by atoms with Gasteiger partial charge in [0.25, 0.3) is 0 Å². The summed E-state index contributed by atoms with van der Waals surface area (Å²) in [4.78, 5) is 53.8. The zero-order chi connectivity index (χ0) is 23.3. The number of esters is 1. The quantitative estimate of drug-likeness (QED) is 0.326. The van der Waals surface area contributed by atoms with Crippen LogP contribution >= 0.6 is 0 Å². The summed E-state index contributed by atoms with van der Waals surface area (Å²) in [6.07, 6.45) is -2.20. The molecule has 0 fully saturated rings. The lowest BCUT2D eigenvalue weighted by Gasteiger charge is -2.42. The number of hydrogen-bond acceptors (Lipinski definition) is 8. The number of fused-ring (bicyclic) bond motifs is 1. The molecule has 0 aliphatic carbocycles. The normalized spacial score (nSPS) is 16.7. The summed E-state index contributed by atoms with van der Waals surface area (Å²) in [7, 11) is 1.08. The summed E-state index contributed by atoms with van der Waals surface area (Å²) in [6.45, 7) is 3.02. The van der Waals surface area contributed by atoms with Gasteiger partial charge in [0.1, 0.15) is 0 Å². The van der Waals surface area contributed by atoms with Crippen molar-refractivity contribution in [2.75, 3.05) is 25.2 Å². The van der Waals surface area contributed by atoms with Gasteiger partial charge in [0.2, 0.25) is 5.78 Å². The van der Waals surface area contributed by atoms with E-state index in [1.54, 1.807) is 62.4 Å². The second kappa shape index (κ2) is 9.38. The molecule has 0 saturated heterocycles. The first-order chi connectivity index (χ1) is 15.4. The fourth-order valence-electron chi connectivity index (χ4n) is 3.55. The monoisotopic (exact) mass is 441 g/mol. The number of ether oxygens (including phenoxy) is 3. The third kappa shape index (κ3) is 3.59. The predicted molar refractivity (Wildman–Crippen MR) is 113 cm³/mol. The standard InChI is InChI=1S/C22H23N3O7/c1-4-31-20(28)23-25(21(29)32-5-2)22(19(27)30-3)18(26)16-13-9-10-14-17(16)24(22)15-11-7-6-8-12-15/h6-14H,4-5H2,1-3H3,(H,23,28)/t22-/m1/s1. The Hall–Kier alpha value is -4.08. The largest absolute Gasteiger partial charge is 0.465 e. The van der Waals surface area contributed by atoms with Crippen molar-refractivity contribution in [3.8, 4) is 0 Å². The first-order valence-corrected chi connectivity index (χ1v) is 9.91. The van der Waals surface area contributed by atoms with E-state index < -0.39 is 29.6 Å². The van der Waals surface area contributed by atoms with Gasteiger partial charge >= 0.3 is 23.8 Å². The van der Waals surface area contributed by atoms with Gasteiger partial charge in [-0.25, -0.2) is 19.8 Å². The molecule has 1 aliphatic rings. The van der Waals surface area contributed by atoms with Crippen LogP contribution in [-0.4, -0.2) is 54.9 Å². The number of carbonyl (C=O) groups is 4. The second-order valence-electron chi connectivity index (χ2n) is 6.55. The molecule has 2 aromatic rings. The van der Waals surface area contributed by atoms with E-state index in [2.05, 4.69) is 5.43 Å². The van der Waals surface area contributed by atoms with Crippen LogP contribution in [0.4, 0.5) is 21.0 Å². The number of amides is 2. The average molecular weight is 441 g/mol. The Bertz CT molecular complexity index is 1030. The van der Waals surface area contributed by atoms with E-state index in [0.717, 1.165) is 7.11 Å². The smallest absolute Gasteiger partial charge is 0.431 e. The molecular formula is C22H23N3O7. The molecule has 10 heteroatoms. The molecule has 2 aromatic carbocycles. The van der Waals surface area contributed by atoms with Gasteiger partial charge in [-0.05, 0) is 38.1 Å². The molecule has 1 aliphatic heterocycles. The minimum atomic E-state index is -2.46. The van der Waals surface area contributed by atoms with Gasteiger partial charge in [-0.3, -0.25) is 9.69 Å². The van der Waals surface area contributed by atoms with Crippen LogP contribution in [0, 0.1) is 0 Å². The molecule has 0 saturated carbocycles. The highest BCUT2D eigenvalue weighted by molar-refractivity contribution is 6.27. The molecular weight excluding hydrogens is 418 g/mol. The first kappa shape index (κ1) is 22.6. The number of carbonyl (C=O) groups excluding carboxylic acids is 4. The molecule has 32 heavy (non-hydrogen) atoms. The minimum absolute atomic E-state index is 0.00963. The van der Waals surface area contributed by atoms with E-state index >= 15 is 0 Å². The van der Waals surface area contributed by atoms with Crippen LogP contribution in [0.15, 0.2) is 54.6 Å². The number of benzene rings is 2. The van der Waals surface area contributed by atoms with Crippen LogP contribution in [0.2, 0.25) is 0 Å². The molecule has 0 spiro atoms. The Balaban J connectivity index is 2.32. The van der Waals surface area contributed by atoms with Crippen molar-refractivity contribution in [3.63, 3.8) is 0 Å². The Morgan fingerprint density at radius 1 is 0.969 bits per heavy atom. The Labute approximate surface area is 184 Å². The van der Waals surface area contributed by atoms with Crippen LogP contribution < -0.4 is 10.3 Å². The highest BCUT2D eigenvalue weighted by atomic mass is 16.6. The van der Waals surface area contributed by atoms with Crippen LogP contribution in [0.25, 0.3) is 0 Å². The molecule has 0 unspecified atom stereocenters. The molecule has 2 amide bonds. The maximum absolute atomic E-state index is 13.8. The molecule has 168 valence electrons. The SMILES string of the molecule is CCOC(=O)NN(C(=O)OCC)[C@@]1(C(=O)OC)C(=O)c2ccccc2N1c1ccccc1.